The summed E-state index contributed by atoms with van der Waals surface area (Å²) >= 11 is 3.42. The third-order valence-corrected chi connectivity index (χ3v) is 3.78. The molecular formula is C17H12BrFN4O. The maximum Gasteiger partial charge on any atom is 0.274 e. The van der Waals surface area contributed by atoms with Crippen molar-refractivity contribution < 1.29 is 9.18 Å². The molecule has 0 aliphatic rings. The smallest absolute Gasteiger partial charge is 0.274 e. The third-order valence-electron chi connectivity index (χ3n) is 3.09. The highest BCUT2D eigenvalue weighted by Crippen LogP contribution is 2.23. The highest BCUT2D eigenvalue weighted by atomic mass is 79.9. The molecule has 2 aromatic carbocycles. The van der Waals surface area contributed by atoms with Gasteiger partial charge in [0, 0.05) is 16.4 Å². The van der Waals surface area contributed by atoms with Crippen molar-refractivity contribution in [3.63, 3.8) is 0 Å². The van der Waals surface area contributed by atoms with E-state index in [0.29, 0.717) is 5.69 Å². The molecule has 1 amide bonds. The van der Waals surface area contributed by atoms with Gasteiger partial charge in [-0.05, 0) is 52.3 Å². The van der Waals surface area contributed by atoms with E-state index in [1.807, 2.05) is 24.3 Å². The summed E-state index contributed by atoms with van der Waals surface area (Å²) in [4.78, 5) is 20.5. The van der Waals surface area contributed by atoms with Crippen molar-refractivity contribution in [1.29, 1.82) is 0 Å². The molecule has 0 atom stereocenters. The first kappa shape index (κ1) is 16.1. The Balaban J connectivity index is 1.77. The van der Waals surface area contributed by atoms with E-state index in [0.717, 1.165) is 10.2 Å². The van der Waals surface area contributed by atoms with Crippen LogP contribution in [0.3, 0.4) is 0 Å². The minimum atomic E-state index is -0.446. The fraction of sp³-hybridized carbons (Fsp3) is 0. The molecule has 24 heavy (non-hydrogen) atoms. The summed E-state index contributed by atoms with van der Waals surface area (Å²) in [6.07, 6.45) is 1.48. The van der Waals surface area contributed by atoms with Gasteiger partial charge in [0.05, 0.1) is 5.69 Å². The van der Waals surface area contributed by atoms with Gasteiger partial charge >= 0.3 is 0 Å². The first-order valence-corrected chi connectivity index (χ1v) is 7.82. The van der Waals surface area contributed by atoms with Gasteiger partial charge in [-0.1, -0.05) is 18.2 Å². The van der Waals surface area contributed by atoms with E-state index in [1.165, 1.54) is 30.5 Å². The number of nitrogens with one attached hydrogen (secondary N) is 2. The van der Waals surface area contributed by atoms with Crippen molar-refractivity contribution in [2.75, 3.05) is 10.6 Å². The standard InChI is InChI=1S/C17H12BrFN4O/c18-13-6-1-2-7-14(13)22-17-20-9-8-15(23-17)16(24)21-12-5-3-4-11(19)10-12/h1-10H,(H,21,24)(H,20,22,23). The minimum absolute atomic E-state index is 0.170. The van der Waals surface area contributed by atoms with Crippen LogP contribution in [0, 0.1) is 5.82 Å². The van der Waals surface area contributed by atoms with Gasteiger partial charge in [0.1, 0.15) is 11.5 Å². The molecular weight excluding hydrogens is 375 g/mol. The number of benzene rings is 2. The summed E-state index contributed by atoms with van der Waals surface area (Å²) in [6.45, 7) is 0. The Kier molecular flexibility index (Phi) is 4.81. The van der Waals surface area contributed by atoms with Gasteiger partial charge in [-0.2, -0.15) is 0 Å². The largest absolute Gasteiger partial charge is 0.323 e. The number of nitrogens with zero attached hydrogens (tertiary/aromatic N) is 2. The molecule has 0 bridgehead atoms. The lowest BCUT2D eigenvalue weighted by Crippen LogP contribution is -2.14. The summed E-state index contributed by atoms with van der Waals surface area (Å²) in [7, 11) is 0. The first-order valence-electron chi connectivity index (χ1n) is 7.03. The highest BCUT2D eigenvalue weighted by Gasteiger charge is 2.10. The zero-order valence-corrected chi connectivity index (χ0v) is 13.9. The number of hydrogen-bond acceptors (Lipinski definition) is 4. The van der Waals surface area contributed by atoms with Crippen molar-refractivity contribution >= 4 is 39.2 Å². The minimum Gasteiger partial charge on any atom is -0.323 e. The summed E-state index contributed by atoms with van der Waals surface area (Å²) < 4.78 is 14.0. The normalized spacial score (nSPS) is 10.2. The fourth-order valence-electron chi connectivity index (χ4n) is 1.99. The predicted molar refractivity (Wildman–Crippen MR) is 93.8 cm³/mol. The summed E-state index contributed by atoms with van der Waals surface area (Å²) in [5, 5.41) is 5.63. The maximum atomic E-state index is 13.2. The molecule has 0 aliphatic heterocycles. The molecule has 0 aliphatic carbocycles. The Bertz CT molecular complexity index is 888. The summed E-state index contributed by atoms with van der Waals surface area (Å²) in [5.41, 5.74) is 1.31. The van der Waals surface area contributed by atoms with Crippen LogP contribution in [0.15, 0.2) is 65.3 Å². The number of hydrogen-bond donors (Lipinski definition) is 2. The van der Waals surface area contributed by atoms with Crippen LogP contribution >= 0.6 is 15.9 Å². The van der Waals surface area contributed by atoms with Crippen LogP contribution in [-0.4, -0.2) is 15.9 Å². The quantitative estimate of drug-likeness (QED) is 0.698. The van der Waals surface area contributed by atoms with Crippen molar-refractivity contribution in [2.45, 2.75) is 0 Å². The Morgan fingerprint density at radius 2 is 1.92 bits per heavy atom. The van der Waals surface area contributed by atoms with Crippen molar-refractivity contribution in [1.82, 2.24) is 9.97 Å². The molecule has 0 unspecified atom stereocenters. The van der Waals surface area contributed by atoms with Crippen LogP contribution in [0.25, 0.3) is 0 Å². The molecule has 120 valence electrons. The number of amides is 1. The second kappa shape index (κ2) is 7.18. The highest BCUT2D eigenvalue weighted by molar-refractivity contribution is 9.10. The molecule has 5 nitrogen and oxygen atoms in total. The van der Waals surface area contributed by atoms with Gasteiger partial charge in [0.15, 0.2) is 0 Å². The van der Waals surface area contributed by atoms with Gasteiger partial charge in [-0.25, -0.2) is 14.4 Å². The molecule has 1 heterocycles. The van der Waals surface area contributed by atoms with E-state index in [1.54, 1.807) is 6.07 Å². The zero-order valence-electron chi connectivity index (χ0n) is 12.3. The zero-order chi connectivity index (χ0) is 16.9. The van der Waals surface area contributed by atoms with Crippen LogP contribution in [-0.2, 0) is 0 Å². The molecule has 0 saturated heterocycles. The molecule has 0 spiro atoms. The number of anilines is 3. The molecule has 0 radical (unpaired) electrons. The van der Waals surface area contributed by atoms with E-state index >= 15 is 0 Å². The molecule has 3 aromatic rings. The van der Waals surface area contributed by atoms with Gasteiger partial charge in [-0.15, -0.1) is 0 Å². The average molecular weight is 387 g/mol. The van der Waals surface area contributed by atoms with Gasteiger partial charge in [0.2, 0.25) is 5.95 Å². The number of aromatic nitrogens is 2. The first-order chi connectivity index (χ1) is 11.6. The second-order valence-electron chi connectivity index (χ2n) is 4.83. The van der Waals surface area contributed by atoms with Crippen molar-refractivity contribution in [2.24, 2.45) is 0 Å². The van der Waals surface area contributed by atoms with E-state index in [-0.39, 0.29) is 11.6 Å². The van der Waals surface area contributed by atoms with Crippen LogP contribution in [0.1, 0.15) is 10.5 Å². The Hall–Kier alpha value is -2.80. The number of para-hydroxylation sites is 1. The Morgan fingerprint density at radius 3 is 2.71 bits per heavy atom. The van der Waals surface area contributed by atoms with Gasteiger partial charge < -0.3 is 10.6 Å². The van der Waals surface area contributed by atoms with E-state index in [4.69, 9.17) is 0 Å². The van der Waals surface area contributed by atoms with Crippen molar-refractivity contribution in [3.05, 3.63) is 76.8 Å². The third kappa shape index (κ3) is 3.94. The fourth-order valence-corrected chi connectivity index (χ4v) is 2.37. The number of rotatable bonds is 4. The maximum absolute atomic E-state index is 13.2. The van der Waals surface area contributed by atoms with E-state index < -0.39 is 11.7 Å². The summed E-state index contributed by atoms with van der Waals surface area (Å²) in [5.74, 6) is -0.584. The van der Waals surface area contributed by atoms with Gasteiger partial charge in [0.25, 0.3) is 5.91 Å². The lowest BCUT2D eigenvalue weighted by molar-refractivity contribution is 0.102. The number of halogens is 2. The van der Waals surface area contributed by atoms with Crippen LogP contribution in [0.4, 0.5) is 21.7 Å². The average Bonchev–Trinajstić information content (AvgIpc) is 2.57. The molecule has 0 saturated carbocycles. The molecule has 0 fully saturated rings. The topological polar surface area (TPSA) is 66.9 Å². The monoisotopic (exact) mass is 386 g/mol. The number of carbonyl (C=O) groups excluding carboxylic acids is 1. The lowest BCUT2D eigenvalue weighted by Gasteiger charge is -2.08. The van der Waals surface area contributed by atoms with Crippen molar-refractivity contribution in [3.8, 4) is 0 Å². The second-order valence-corrected chi connectivity index (χ2v) is 5.69. The SMILES string of the molecule is O=C(Nc1cccc(F)c1)c1ccnc(Nc2ccccc2Br)n1. The van der Waals surface area contributed by atoms with Crippen LogP contribution in [0.2, 0.25) is 0 Å². The molecule has 7 heteroatoms. The predicted octanol–water partition coefficient (Wildman–Crippen LogP) is 4.37. The van der Waals surface area contributed by atoms with Crippen LogP contribution in [0.5, 0.6) is 0 Å². The van der Waals surface area contributed by atoms with Gasteiger partial charge in [-0.3, -0.25) is 4.79 Å². The lowest BCUT2D eigenvalue weighted by atomic mass is 10.3. The molecule has 3 rings (SSSR count). The Morgan fingerprint density at radius 1 is 1.08 bits per heavy atom. The number of carbonyl (C=O) groups is 1. The van der Waals surface area contributed by atoms with E-state index in [2.05, 4.69) is 36.5 Å². The summed E-state index contributed by atoms with van der Waals surface area (Å²) in [6, 6.07) is 14.6. The van der Waals surface area contributed by atoms with E-state index in [9.17, 15) is 9.18 Å². The van der Waals surface area contributed by atoms with Crippen LogP contribution < -0.4 is 10.6 Å². The molecule has 2 N–H and O–H groups in total. The molecule has 1 aromatic heterocycles. The Labute approximate surface area is 146 Å².